The van der Waals surface area contributed by atoms with E-state index in [1.54, 1.807) is 54.6 Å². The molecular formula is C28H29NO7. The Hall–Kier alpha value is -4.20. The molecule has 1 N–H and O–H groups in total. The Kier molecular flexibility index (Phi) is 7.63. The third-order valence-corrected chi connectivity index (χ3v) is 5.77. The zero-order chi connectivity index (χ0) is 25.7. The third-order valence-electron chi connectivity index (χ3n) is 5.77. The summed E-state index contributed by atoms with van der Waals surface area (Å²) in [6, 6.07) is 14.5. The van der Waals surface area contributed by atoms with Crippen LogP contribution in [0.4, 0.5) is 0 Å². The predicted octanol–water partition coefficient (Wildman–Crippen LogP) is 5.10. The Balaban J connectivity index is 1.84. The van der Waals surface area contributed by atoms with Crippen LogP contribution in [0.1, 0.15) is 43.7 Å². The van der Waals surface area contributed by atoms with Gasteiger partial charge < -0.3 is 28.6 Å². The van der Waals surface area contributed by atoms with E-state index in [0.29, 0.717) is 54.0 Å². The number of benzene rings is 2. The van der Waals surface area contributed by atoms with E-state index >= 15 is 0 Å². The minimum absolute atomic E-state index is 0.0117. The fourth-order valence-corrected chi connectivity index (χ4v) is 4.23. The molecule has 1 aliphatic rings. The average Bonchev–Trinajstić information content (AvgIpc) is 3.48. The normalized spacial score (nSPS) is 16.9. The summed E-state index contributed by atoms with van der Waals surface area (Å²) in [6.45, 7) is 7.02. The second-order valence-electron chi connectivity index (χ2n) is 8.04. The van der Waals surface area contributed by atoms with Crippen LogP contribution >= 0.6 is 0 Å². The molecule has 188 valence electrons. The number of rotatable bonds is 10. The highest BCUT2D eigenvalue weighted by molar-refractivity contribution is 6.46. The molecule has 0 aliphatic carbocycles. The van der Waals surface area contributed by atoms with Gasteiger partial charge >= 0.3 is 0 Å². The largest absolute Gasteiger partial charge is 0.507 e. The van der Waals surface area contributed by atoms with Crippen LogP contribution in [0, 0.1) is 0 Å². The van der Waals surface area contributed by atoms with Gasteiger partial charge in [0.1, 0.15) is 17.3 Å². The van der Waals surface area contributed by atoms with Gasteiger partial charge in [-0.1, -0.05) is 6.07 Å². The van der Waals surface area contributed by atoms with E-state index in [0.717, 1.165) is 0 Å². The first-order chi connectivity index (χ1) is 17.5. The zero-order valence-corrected chi connectivity index (χ0v) is 20.5. The highest BCUT2D eigenvalue weighted by Gasteiger charge is 2.46. The molecule has 4 rings (SSSR count). The smallest absolute Gasteiger partial charge is 0.296 e. The lowest BCUT2D eigenvalue weighted by Crippen LogP contribution is -2.29. The van der Waals surface area contributed by atoms with Gasteiger partial charge in [-0.3, -0.25) is 9.59 Å². The lowest BCUT2D eigenvalue weighted by Gasteiger charge is -2.25. The monoisotopic (exact) mass is 491 g/mol. The molecule has 8 heteroatoms. The molecule has 1 atom stereocenters. The number of hydrogen-bond donors (Lipinski definition) is 1. The number of hydrogen-bond acceptors (Lipinski definition) is 7. The molecule has 3 aromatic rings. The number of ketones is 1. The molecule has 0 radical (unpaired) electrons. The summed E-state index contributed by atoms with van der Waals surface area (Å²) >= 11 is 0. The van der Waals surface area contributed by atoms with Gasteiger partial charge in [-0.25, -0.2) is 0 Å². The van der Waals surface area contributed by atoms with Crippen LogP contribution in [0.3, 0.4) is 0 Å². The lowest BCUT2D eigenvalue weighted by atomic mass is 9.95. The number of Topliss-reactive ketones (excluding diaryl/α,β-unsaturated/α-hetero) is 1. The van der Waals surface area contributed by atoms with Crippen LogP contribution in [-0.4, -0.2) is 41.5 Å². The number of ether oxygens (including phenoxy) is 3. The van der Waals surface area contributed by atoms with Crippen molar-refractivity contribution in [3.05, 3.63) is 83.3 Å². The predicted molar refractivity (Wildman–Crippen MR) is 133 cm³/mol. The number of furan rings is 1. The van der Waals surface area contributed by atoms with Crippen LogP contribution in [0.5, 0.6) is 17.2 Å². The Bertz CT molecular complexity index is 1250. The van der Waals surface area contributed by atoms with Crippen LogP contribution in [0.15, 0.2) is 70.9 Å². The van der Waals surface area contributed by atoms with Gasteiger partial charge in [0.25, 0.3) is 11.7 Å². The first-order valence-electron chi connectivity index (χ1n) is 11.9. The first-order valence-corrected chi connectivity index (χ1v) is 11.9. The topological polar surface area (TPSA) is 98.4 Å². The van der Waals surface area contributed by atoms with Crippen molar-refractivity contribution in [1.82, 2.24) is 4.90 Å². The Labute approximate surface area is 209 Å². The van der Waals surface area contributed by atoms with Crippen LogP contribution < -0.4 is 14.2 Å². The van der Waals surface area contributed by atoms with Crippen LogP contribution in [0.25, 0.3) is 5.76 Å². The summed E-state index contributed by atoms with van der Waals surface area (Å²) < 4.78 is 22.4. The molecule has 0 saturated carbocycles. The molecule has 1 amide bonds. The van der Waals surface area contributed by atoms with Gasteiger partial charge in [-0.2, -0.15) is 0 Å². The Morgan fingerprint density at radius 2 is 1.61 bits per heavy atom. The fraction of sp³-hybridized carbons (Fsp3) is 0.286. The fourth-order valence-electron chi connectivity index (χ4n) is 4.23. The number of amides is 1. The highest BCUT2D eigenvalue weighted by Crippen LogP contribution is 2.43. The number of aliphatic hydroxyl groups excluding tert-OH is 1. The number of aliphatic hydroxyl groups is 1. The molecule has 0 unspecified atom stereocenters. The minimum atomic E-state index is -0.864. The summed E-state index contributed by atoms with van der Waals surface area (Å²) in [5.74, 6) is 0.422. The molecule has 1 aliphatic heterocycles. The molecule has 1 saturated heterocycles. The van der Waals surface area contributed by atoms with Crippen molar-refractivity contribution in [2.24, 2.45) is 0 Å². The summed E-state index contributed by atoms with van der Waals surface area (Å²) in [5, 5.41) is 11.3. The maximum Gasteiger partial charge on any atom is 0.296 e. The third kappa shape index (κ3) is 4.93. The van der Waals surface area contributed by atoms with E-state index in [1.807, 2.05) is 20.8 Å². The molecule has 36 heavy (non-hydrogen) atoms. The molecule has 1 aromatic heterocycles. The summed E-state index contributed by atoms with van der Waals surface area (Å²) in [7, 11) is 0. The van der Waals surface area contributed by atoms with Crippen molar-refractivity contribution in [3.8, 4) is 17.2 Å². The quantitative estimate of drug-likeness (QED) is 0.239. The van der Waals surface area contributed by atoms with E-state index in [-0.39, 0.29) is 17.9 Å². The van der Waals surface area contributed by atoms with Gasteiger partial charge in [0, 0.05) is 5.56 Å². The Morgan fingerprint density at radius 3 is 2.25 bits per heavy atom. The molecule has 0 spiro atoms. The van der Waals surface area contributed by atoms with E-state index in [2.05, 4.69) is 0 Å². The van der Waals surface area contributed by atoms with Gasteiger partial charge in [0.05, 0.1) is 44.2 Å². The maximum atomic E-state index is 13.3. The minimum Gasteiger partial charge on any atom is -0.507 e. The lowest BCUT2D eigenvalue weighted by molar-refractivity contribution is -0.140. The Morgan fingerprint density at radius 1 is 0.917 bits per heavy atom. The van der Waals surface area contributed by atoms with Gasteiger partial charge in [-0.05, 0) is 74.9 Å². The van der Waals surface area contributed by atoms with Crippen molar-refractivity contribution in [1.29, 1.82) is 0 Å². The second kappa shape index (κ2) is 11.0. The van der Waals surface area contributed by atoms with Crippen LogP contribution in [-0.2, 0) is 16.1 Å². The van der Waals surface area contributed by atoms with E-state index in [1.165, 1.54) is 11.2 Å². The number of nitrogens with zero attached hydrogens (tertiary/aromatic N) is 1. The van der Waals surface area contributed by atoms with Crippen molar-refractivity contribution in [2.75, 3.05) is 19.8 Å². The number of carbonyl (C=O) groups is 2. The number of carbonyl (C=O) groups excluding carboxylic acids is 2. The molecule has 0 bridgehead atoms. The SMILES string of the molecule is CCOc1ccc(C(O)=C2C(=O)C(=O)N(Cc3ccco3)[C@H]2c2ccc(OCC)c(OCC)c2)cc1. The molecule has 2 heterocycles. The van der Waals surface area contributed by atoms with Crippen molar-refractivity contribution < 1.29 is 33.3 Å². The first kappa shape index (κ1) is 24.9. The van der Waals surface area contributed by atoms with E-state index in [9.17, 15) is 14.7 Å². The molecule has 1 fully saturated rings. The van der Waals surface area contributed by atoms with Crippen molar-refractivity contribution in [3.63, 3.8) is 0 Å². The molecule has 2 aromatic carbocycles. The summed E-state index contributed by atoms with van der Waals surface area (Å²) in [4.78, 5) is 27.9. The summed E-state index contributed by atoms with van der Waals surface area (Å²) in [6.07, 6.45) is 1.50. The van der Waals surface area contributed by atoms with Crippen molar-refractivity contribution >= 4 is 17.4 Å². The highest BCUT2D eigenvalue weighted by atomic mass is 16.5. The van der Waals surface area contributed by atoms with Crippen molar-refractivity contribution in [2.45, 2.75) is 33.4 Å². The molecule has 8 nitrogen and oxygen atoms in total. The van der Waals surface area contributed by atoms with Gasteiger partial charge in [0.15, 0.2) is 11.5 Å². The second-order valence-corrected chi connectivity index (χ2v) is 8.04. The van der Waals surface area contributed by atoms with Crippen LogP contribution in [0.2, 0.25) is 0 Å². The summed E-state index contributed by atoms with van der Waals surface area (Å²) in [5.41, 5.74) is 0.984. The van der Waals surface area contributed by atoms with E-state index in [4.69, 9.17) is 18.6 Å². The standard InChI is InChI=1S/C28H29NO7/c1-4-33-20-12-9-18(10-13-20)26(30)24-25(19-11-14-22(34-5-2)23(16-19)35-6-3)29(28(32)27(24)31)17-21-8-7-15-36-21/h7-16,25,30H,4-6,17H2,1-3H3/t25-/m0/s1. The average molecular weight is 492 g/mol. The molecular weight excluding hydrogens is 462 g/mol. The zero-order valence-electron chi connectivity index (χ0n) is 20.5. The number of likely N-dealkylation sites (tertiary alicyclic amines) is 1. The van der Waals surface area contributed by atoms with E-state index < -0.39 is 17.7 Å². The maximum absolute atomic E-state index is 13.3. The van der Waals surface area contributed by atoms with Gasteiger partial charge in [-0.15, -0.1) is 0 Å². The van der Waals surface area contributed by atoms with Gasteiger partial charge in [0.2, 0.25) is 0 Å².